The topological polar surface area (TPSA) is 72.6 Å². The summed E-state index contributed by atoms with van der Waals surface area (Å²) in [6, 6.07) is 13.0. The summed E-state index contributed by atoms with van der Waals surface area (Å²) in [6.07, 6.45) is 12.1. The molecule has 1 aliphatic heterocycles. The molecule has 1 saturated heterocycles. The lowest BCUT2D eigenvalue weighted by Crippen LogP contribution is -2.21. The van der Waals surface area contributed by atoms with E-state index >= 15 is 0 Å². The number of H-pyrrole nitrogens is 2. The van der Waals surface area contributed by atoms with Gasteiger partial charge in [0.05, 0.1) is 22.9 Å². The maximum absolute atomic E-state index is 14.0. The maximum atomic E-state index is 14.0. The van der Waals surface area contributed by atoms with Gasteiger partial charge in [0, 0.05) is 35.3 Å². The third kappa shape index (κ3) is 5.08. The van der Waals surface area contributed by atoms with Crippen molar-refractivity contribution in [1.82, 2.24) is 30.4 Å². The molecule has 0 spiro atoms. The van der Waals surface area contributed by atoms with E-state index in [1.807, 2.05) is 12.3 Å². The van der Waals surface area contributed by atoms with Gasteiger partial charge in [-0.15, -0.1) is 0 Å². The largest absolute Gasteiger partial charge is 0.368 e. The van der Waals surface area contributed by atoms with Gasteiger partial charge in [0.25, 0.3) is 0 Å². The Bertz CT molecular complexity index is 1770. The number of hydrogen-bond acceptors (Lipinski definition) is 4. The van der Waals surface area contributed by atoms with Gasteiger partial charge >= 0.3 is 0 Å². The van der Waals surface area contributed by atoms with Crippen molar-refractivity contribution in [3.05, 3.63) is 102 Å². The van der Waals surface area contributed by atoms with E-state index in [1.165, 1.54) is 43.6 Å². The molecule has 0 aliphatic carbocycles. The maximum Gasteiger partial charge on any atom is 0.123 e. The molecule has 3 aromatic heterocycles. The van der Waals surface area contributed by atoms with E-state index in [-0.39, 0.29) is 5.82 Å². The number of nitrogens with one attached hydrogen (secondary N) is 3. The molecule has 202 valence electrons. The quantitative estimate of drug-likeness (QED) is 0.183. The van der Waals surface area contributed by atoms with Crippen molar-refractivity contribution in [2.45, 2.75) is 26.7 Å². The Balaban J connectivity index is 1.42. The van der Waals surface area contributed by atoms with Gasteiger partial charge in [-0.1, -0.05) is 30.4 Å². The fourth-order valence-electron chi connectivity index (χ4n) is 5.70. The Labute approximate surface area is 233 Å². The highest BCUT2D eigenvalue weighted by atomic mass is 19.1. The minimum atomic E-state index is -0.272. The molecule has 7 heteroatoms. The minimum Gasteiger partial charge on any atom is -0.368 e. The lowest BCUT2D eigenvalue weighted by molar-refractivity contribution is 0.368. The Hall–Kier alpha value is -4.49. The number of benzene rings is 2. The predicted molar refractivity (Wildman–Crippen MR) is 162 cm³/mol. The molecule has 4 heterocycles. The van der Waals surface area contributed by atoms with Gasteiger partial charge in [-0.25, -0.2) is 4.39 Å². The van der Waals surface area contributed by atoms with E-state index in [1.54, 1.807) is 24.7 Å². The zero-order chi connectivity index (χ0) is 27.6. The molecule has 1 aliphatic rings. The molecule has 0 unspecified atom stereocenters. The zero-order valence-corrected chi connectivity index (χ0v) is 22.9. The number of rotatable bonds is 8. The van der Waals surface area contributed by atoms with Gasteiger partial charge in [0.1, 0.15) is 11.5 Å². The second kappa shape index (κ2) is 10.9. The number of halogens is 1. The average molecular weight is 533 g/mol. The molecular weight excluding hydrogens is 499 g/mol. The van der Waals surface area contributed by atoms with Crippen LogP contribution in [0.5, 0.6) is 0 Å². The number of allylic oxidation sites excluding steroid dienone is 2. The van der Waals surface area contributed by atoms with Gasteiger partial charge in [-0.2, -0.15) is 5.10 Å². The molecule has 5 aromatic rings. The fraction of sp³-hybridized carbons (Fsp3) is 0.212. The van der Waals surface area contributed by atoms with Gasteiger partial charge in [0.2, 0.25) is 0 Å². The molecule has 6 rings (SSSR count). The summed E-state index contributed by atoms with van der Waals surface area (Å²) in [5, 5.41) is 13.1. The summed E-state index contributed by atoms with van der Waals surface area (Å²) < 4.78 is 14.0. The van der Waals surface area contributed by atoms with Crippen LogP contribution in [-0.4, -0.2) is 44.7 Å². The van der Waals surface area contributed by atoms with E-state index in [4.69, 9.17) is 5.10 Å². The van der Waals surface area contributed by atoms with E-state index in [9.17, 15) is 4.39 Å². The first-order valence-corrected chi connectivity index (χ1v) is 13.7. The van der Waals surface area contributed by atoms with E-state index in [2.05, 4.69) is 70.0 Å². The third-order valence-electron chi connectivity index (χ3n) is 7.59. The average Bonchev–Trinajstić information content (AvgIpc) is 3.70. The van der Waals surface area contributed by atoms with E-state index < -0.39 is 0 Å². The summed E-state index contributed by atoms with van der Waals surface area (Å²) in [5.41, 5.74) is 9.88. The van der Waals surface area contributed by atoms with Crippen LogP contribution in [0.2, 0.25) is 0 Å². The molecule has 40 heavy (non-hydrogen) atoms. The number of pyridine rings is 1. The number of nitrogens with zero attached hydrogens (tertiary/aromatic N) is 3. The normalized spacial score (nSPS) is 14.9. The van der Waals surface area contributed by atoms with E-state index in [0.717, 1.165) is 67.6 Å². The summed E-state index contributed by atoms with van der Waals surface area (Å²) in [7, 11) is 0. The Morgan fingerprint density at radius 1 is 1.10 bits per heavy atom. The van der Waals surface area contributed by atoms with Crippen LogP contribution in [-0.2, 0) is 0 Å². The highest BCUT2D eigenvalue weighted by Crippen LogP contribution is 2.35. The van der Waals surface area contributed by atoms with Crippen LogP contribution < -0.4 is 5.32 Å². The second-order valence-corrected chi connectivity index (χ2v) is 10.6. The number of likely N-dealkylation sites (tertiary alicyclic amines) is 1. The molecule has 0 saturated carbocycles. The Morgan fingerprint density at radius 3 is 2.75 bits per heavy atom. The van der Waals surface area contributed by atoms with Crippen molar-refractivity contribution in [2.75, 3.05) is 19.6 Å². The lowest BCUT2D eigenvalue weighted by atomic mass is 9.96. The van der Waals surface area contributed by atoms with Crippen LogP contribution in [0.3, 0.4) is 0 Å². The monoisotopic (exact) mass is 532 g/mol. The minimum absolute atomic E-state index is 0.272. The van der Waals surface area contributed by atoms with Crippen LogP contribution >= 0.6 is 0 Å². The fourth-order valence-corrected chi connectivity index (χ4v) is 5.70. The van der Waals surface area contributed by atoms with Crippen molar-refractivity contribution >= 4 is 27.4 Å². The molecule has 0 bridgehead atoms. The Morgan fingerprint density at radius 2 is 1.95 bits per heavy atom. The van der Waals surface area contributed by atoms with Gasteiger partial charge < -0.3 is 10.3 Å². The van der Waals surface area contributed by atoms with Gasteiger partial charge in [-0.3, -0.25) is 15.0 Å². The number of aryl methyl sites for hydroxylation is 1. The first kappa shape index (κ1) is 25.8. The lowest BCUT2D eigenvalue weighted by Gasteiger charge is -2.16. The van der Waals surface area contributed by atoms with Gasteiger partial charge in [0.15, 0.2) is 0 Å². The van der Waals surface area contributed by atoms with Crippen LogP contribution in [0.15, 0.2) is 85.5 Å². The van der Waals surface area contributed by atoms with Crippen LogP contribution in [0.4, 0.5) is 4.39 Å². The van der Waals surface area contributed by atoms with Crippen molar-refractivity contribution in [3.8, 4) is 22.5 Å². The van der Waals surface area contributed by atoms with Gasteiger partial charge in [-0.05, 0) is 98.6 Å². The van der Waals surface area contributed by atoms with Crippen molar-refractivity contribution in [1.29, 1.82) is 0 Å². The van der Waals surface area contributed by atoms with Crippen molar-refractivity contribution in [3.63, 3.8) is 0 Å². The first-order valence-electron chi connectivity index (χ1n) is 13.7. The first-order chi connectivity index (χ1) is 19.5. The van der Waals surface area contributed by atoms with Crippen LogP contribution in [0, 0.1) is 12.7 Å². The molecule has 0 atom stereocenters. The molecule has 3 N–H and O–H groups in total. The predicted octanol–water partition coefficient (Wildman–Crippen LogP) is 7.34. The second-order valence-electron chi connectivity index (χ2n) is 10.6. The van der Waals surface area contributed by atoms with Crippen molar-refractivity contribution < 1.29 is 4.39 Å². The van der Waals surface area contributed by atoms with E-state index in [0.29, 0.717) is 0 Å². The molecule has 0 amide bonds. The molecule has 1 fully saturated rings. The van der Waals surface area contributed by atoms with Crippen molar-refractivity contribution in [2.24, 2.45) is 0 Å². The summed E-state index contributed by atoms with van der Waals surface area (Å²) >= 11 is 0. The van der Waals surface area contributed by atoms with Crippen LogP contribution in [0.25, 0.3) is 49.9 Å². The molecule has 6 nitrogen and oxygen atoms in total. The smallest absolute Gasteiger partial charge is 0.123 e. The number of aromatic amines is 2. The number of fused-ring (bicyclic) bond motifs is 2. The number of aromatic nitrogens is 4. The summed E-state index contributed by atoms with van der Waals surface area (Å²) in [6.45, 7) is 11.5. The summed E-state index contributed by atoms with van der Waals surface area (Å²) in [5.74, 6) is -0.272. The standard InChI is InChI=1S/C33H33FN6/c1-4-35-17-24(12-21(2)20-40-10-5-6-11-40)26-15-28-30(13-22(26)3)38-39-33(28)31-16-27-29(18-36-19-32(27)37-31)23-8-7-9-25(34)14-23/h4,7-9,12-19,35,37H,1,5-6,10-11,20H2,2-3H3,(H,38,39)/b21-12+,24-17+. The Kier molecular flexibility index (Phi) is 7.05. The zero-order valence-electron chi connectivity index (χ0n) is 22.9. The summed E-state index contributed by atoms with van der Waals surface area (Å²) in [4.78, 5) is 10.4. The highest BCUT2D eigenvalue weighted by Gasteiger charge is 2.17. The SMILES string of the molecule is C=CN/C=C(\C=C(/C)CN1CCCC1)c1cc2c(-c3cc4c(-c5cccc(F)c5)cncc4[nH]3)n[nH]c2cc1C. The van der Waals surface area contributed by atoms with Crippen LogP contribution in [0.1, 0.15) is 30.9 Å². The highest BCUT2D eigenvalue weighted by molar-refractivity contribution is 6.01. The third-order valence-corrected chi connectivity index (χ3v) is 7.59. The molecule has 0 radical (unpaired) electrons. The molecular formula is C33H33FN6. The molecule has 2 aromatic carbocycles. The number of hydrogen-bond donors (Lipinski definition) is 3.